The molecule has 0 bridgehead atoms. The second-order valence-corrected chi connectivity index (χ2v) is 4.82. The Morgan fingerprint density at radius 2 is 2.25 bits per heavy atom. The number of hydrogen-bond acceptors (Lipinski definition) is 4. The molecule has 0 spiro atoms. The second-order valence-electron chi connectivity index (χ2n) is 4.82. The Morgan fingerprint density at radius 3 is 2.85 bits per heavy atom. The van der Waals surface area contributed by atoms with E-state index >= 15 is 0 Å². The van der Waals surface area contributed by atoms with E-state index < -0.39 is 0 Å². The molecule has 0 N–H and O–H groups in total. The fourth-order valence-electron chi connectivity index (χ4n) is 2.19. The molecule has 0 atom stereocenters. The summed E-state index contributed by atoms with van der Waals surface area (Å²) in [4.78, 5) is 22.3. The Hall–Kier alpha value is -2.10. The summed E-state index contributed by atoms with van der Waals surface area (Å²) in [6.07, 6.45) is 8.01. The highest BCUT2D eigenvalue weighted by molar-refractivity contribution is 5.95. The molecule has 1 heterocycles. The van der Waals surface area contributed by atoms with Gasteiger partial charge in [-0.3, -0.25) is 9.59 Å². The topological polar surface area (TPSA) is 56.5 Å². The van der Waals surface area contributed by atoms with Crippen LogP contribution in [0.1, 0.15) is 31.9 Å². The molecule has 20 heavy (non-hydrogen) atoms. The largest absolute Gasteiger partial charge is 0.469 e. The van der Waals surface area contributed by atoms with Crippen molar-refractivity contribution in [2.24, 2.45) is 0 Å². The molecule has 2 rings (SSSR count). The first-order valence-electron chi connectivity index (χ1n) is 6.72. The van der Waals surface area contributed by atoms with E-state index in [1.165, 1.54) is 6.92 Å². The molecule has 1 aromatic heterocycles. The first-order valence-corrected chi connectivity index (χ1v) is 6.72. The highest BCUT2D eigenvalue weighted by atomic mass is 16.5. The van der Waals surface area contributed by atoms with Gasteiger partial charge in [-0.2, -0.15) is 0 Å². The van der Waals surface area contributed by atoms with E-state index in [-0.39, 0.29) is 18.4 Å². The third-order valence-electron chi connectivity index (χ3n) is 3.22. The Kier molecular flexibility index (Phi) is 4.93. The van der Waals surface area contributed by atoms with Crippen LogP contribution < -0.4 is 0 Å². The van der Waals surface area contributed by atoms with E-state index in [9.17, 15) is 9.59 Å². The van der Waals surface area contributed by atoms with Crippen LogP contribution in [-0.2, 0) is 20.7 Å². The van der Waals surface area contributed by atoms with Crippen molar-refractivity contribution in [3.63, 3.8) is 0 Å². The lowest BCUT2D eigenvalue weighted by Gasteiger charge is -2.10. The quantitative estimate of drug-likeness (QED) is 0.748. The van der Waals surface area contributed by atoms with Crippen molar-refractivity contribution >= 4 is 11.8 Å². The highest BCUT2D eigenvalue weighted by Gasteiger charge is 2.14. The average Bonchev–Trinajstić information content (AvgIpc) is 3.04. The van der Waals surface area contributed by atoms with Crippen molar-refractivity contribution in [1.29, 1.82) is 0 Å². The molecule has 1 aliphatic carbocycles. The molecule has 4 heteroatoms. The van der Waals surface area contributed by atoms with E-state index in [0.717, 1.165) is 36.2 Å². The summed E-state index contributed by atoms with van der Waals surface area (Å²) in [5.74, 6) is 0.744. The van der Waals surface area contributed by atoms with Crippen molar-refractivity contribution in [2.45, 2.75) is 32.6 Å². The molecule has 4 nitrogen and oxygen atoms in total. The Morgan fingerprint density at radius 1 is 1.40 bits per heavy atom. The maximum atomic E-state index is 11.3. The molecule has 0 aliphatic heterocycles. The predicted octanol–water partition coefficient (Wildman–Crippen LogP) is 2.99. The molecular weight excluding hydrogens is 256 g/mol. The molecule has 0 amide bonds. The SMILES string of the molecule is CC(=O)OC/C(CCCc1ccco1)=C1\C=CC(=O)C1. The van der Waals surface area contributed by atoms with Crippen molar-refractivity contribution < 1.29 is 18.7 Å². The molecule has 0 radical (unpaired) electrons. The third kappa shape index (κ3) is 4.23. The molecule has 1 aliphatic rings. The van der Waals surface area contributed by atoms with Crippen LogP contribution in [0.25, 0.3) is 0 Å². The van der Waals surface area contributed by atoms with E-state index in [1.807, 2.05) is 18.2 Å². The van der Waals surface area contributed by atoms with Crippen molar-refractivity contribution in [3.05, 3.63) is 47.5 Å². The van der Waals surface area contributed by atoms with Gasteiger partial charge in [0.2, 0.25) is 0 Å². The lowest BCUT2D eigenvalue weighted by molar-refractivity contribution is -0.140. The molecular formula is C16H18O4. The summed E-state index contributed by atoms with van der Waals surface area (Å²) in [5, 5.41) is 0. The highest BCUT2D eigenvalue weighted by Crippen LogP contribution is 2.22. The van der Waals surface area contributed by atoms with Crippen LogP contribution in [0.5, 0.6) is 0 Å². The number of aryl methyl sites for hydroxylation is 1. The molecule has 106 valence electrons. The number of furan rings is 1. The third-order valence-corrected chi connectivity index (χ3v) is 3.22. The van der Waals surface area contributed by atoms with Crippen LogP contribution >= 0.6 is 0 Å². The zero-order chi connectivity index (χ0) is 14.4. The first kappa shape index (κ1) is 14.3. The lowest BCUT2D eigenvalue weighted by atomic mass is 10.0. The van der Waals surface area contributed by atoms with Crippen LogP contribution in [-0.4, -0.2) is 18.4 Å². The van der Waals surface area contributed by atoms with E-state index in [4.69, 9.17) is 9.15 Å². The minimum atomic E-state index is -0.303. The number of ketones is 1. The maximum absolute atomic E-state index is 11.3. The van der Waals surface area contributed by atoms with Gasteiger partial charge in [0.15, 0.2) is 5.78 Å². The van der Waals surface area contributed by atoms with E-state index in [0.29, 0.717) is 6.42 Å². The van der Waals surface area contributed by atoms with Crippen LogP contribution in [0.15, 0.2) is 46.1 Å². The molecule has 0 fully saturated rings. The number of allylic oxidation sites excluding steroid dienone is 3. The van der Waals surface area contributed by atoms with E-state index in [1.54, 1.807) is 12.3 Å². The lowest BCUT2D eigenvalue weighted by Crippen LogP contribution is -2.06. The van der Waals surface area contributed by atoms with Gasteiger partial charge in [-0.1, -0.05) is 6.08 Å². The summed E-state index contributed by atoms with van der Waals surface area (Å²) < 4.78 is 10.4. The van der Waals surface area contributed by atoms with Gasteiger partial charge in [-0.25, -0.2) is 0 Å². The summed E-state index contributed by atoms with van der Waals surface area (Å²) in [5.41, 5.74) is 2.00. The van der Waals surface area contributed by atoms with Gasteiger partial charge < -0.3 is 9.15 Å². The van der Waals surface area contributed by atoms with Gasteiger partial charge >= 0.3 is 5.97 Å². The van der Waals surface area contributed by atoms with Gasteiger partial charge in [0.1, 0.15) is 12.4 Å². The minimum Gasteiger partial charge on any atom is -0.469 e. The van der Waals surface area contributed by atoms with Gasteiger partial charge in [0.25, 0.3) is 0 Å². The van der Waals surface area contributed by atoms with Gasteiger partial charge in [0, 0.05) is 19.8 Å². The first-order chi connectivity index (χ1) is 9.65. The Balaban J connectivity index is 1.94. The fourth-order valence-corrected chi connectivity index (χ4v) is 2.19. The number of carbonyl (C=O) groups is 2. The summed E-state index contributed by atoms with van der Waals surface area (Å²) in [7, 11) is 0. The van der Waals surface area contributed by atoms with Crippen LogP contribution in [0.4, 0.5) is 0 Å². The number of ether oxygens (including phenoxy) is 1. The van der Waals surface area contributed by atoms with Crippen LogP contribution in [0.3, 0.4) is 0 Å². The minimum absolute atomic E-state index is 0.103. The molecule has 1 aromatic rings. The second kappa shape index (κ2) is 6.89. The number of esters is 1. The van der Waals surface area contributed by atoms with Crippen molar-refractivity contribution in [2.75, 3.05) is 6.61 Å². The smallest absolute Gasteiger partial charge is 0.302 e. The maximum Gasteiger partial charge on any atom is 0.302 e. The number of rotatable bonds is 6. The molecule has 0 saturated carbocycles. The van der Waals surface area contributed by atoms with Gasteiger partial charge in [-0.05, 0) is 42.2 Å². The average molecular weight is 274 g/mol. The molecule has 0 unspecified atom stereocenters. The Labute approximate surface area is 118 Å². The normalized spacial score (nSPS) is 16.6. The predicted molar refractivity (Wildman–Crippen MR) is 74.1 cm³/mol. The van der Waals surface area contributed by atoms with Crippen LogP contribution in [0, 0.1) is 0 Å². The Bertz CT molecular complexity index is 535. The monoisotopic (exact) mass is 274 g/mol. The van der Waals surface area contributed by atoms with Crippen molar-refractivity contribution in [3.8, 4) is 0 Å². The fraction of sp³-hybridized carbons (Fsp3) is 0.375. The zero-order valence-electron chi connectivity index (χ0n) is 11.6. The zero-order valence-corrected chi connectivity index (χ0v) is 11.6. The number of hydrogen-bond donors (Lipinski definition) is 0. The summed E-state index contributed by atoms with van der Waals surface area (Å²) >= 11 is 0. The molecule has 0 saturated heterocycles. The van der Waals surface area contributed by atoms with Crippen molar-refractivity contribution in [1.82, 2.24) is 0 Å². The van der Waals surface area contributed by atoms with E-state index in [2.05, 4.69) is 0 Å². The van der Waals surface area contributed by atoms with Crippen LogP contribution in [0.2, 0.25) is 0 Å². The summed E-state index contributed by atoms with van der Waals surface area (Å²) in [6.45, 7) is 1.65. The summed E-state index contributed by atoms with van der Waals surface area (Å²) in [6, 6.07) is 3.81. The standard InChI is InChI=1S/C16H18O4/c1-12(17)20-11-14(13-7-8-15(18)10-13)4-2-5-16-6-3-9-19-16/h3,6-9H,2,4-5,10-11H2,1H3/b14-13+. The van der Waals surface area contributed by atoms with Gasteiger partial charge in [0.05, 0.1) is 6.26 Å². The van der Waals surface area contributed by atoms with Gasteiger partial charge in [-0.15, -0.1) is 0 Å². The molecule has 0 aromatic carbocycles. The number of carbonyl (C=O) groups excluding carboxylic acids is 2.